The number of rotatable bonds is 5. The van der Waals surface area contributed by atoms with E-state index in [0.29, 0.717) is 12.2 Å². The SMILES string of the molecule is CC1(C(=O)NCc2nc3ncccc3[nH]2)CCN(Cc2ccccc2)CC1. The van der Waals surface area contributed by atoms with Gasteiger partial charge in [0.1, 0.15) is 5.82 Å². The lowest BCUT2D eigenvalue weighted by atomic mass is 9.79. The number of piperidine rings is 1. The van der Waals surface area contributed by atoms with Gasteiger partial charge in [0, 0.05) is 18.2 Å². The van der Waals surface area contributed by atoms with Gasteiger partial charge >= 0.3 is 0 Å². The highest BCUT2D eigenvalue weighted by molar-refractivity contribution is 5.82. The second-order valence-corrected chi connectivity index (χ2v) is 7.56. The predicted molar refractivity (Wildman–Crippen MR) is 105 cm³/mol. The van der Waals surface area contributed by atoms with E-state index in [-0.39, 0.29) is 11.3 Å². The number of carbonyl (C=O) groups excluding carboxylic acids is 1. The van der Waals surface area contributed by atoms with E-state index in [1.165, 1.54) is 5.56 Å². The minimum absolute atomic E-state index is 0.107. The van der Waals surface area contributed by atoms with Crippen LogP contribution in [0.2, 0.25) is 0 Å². The van der Waals surface area contributed by atoms with Crippen molar-refractivity contribution in [1.29, 1.82) is 0 Å². The van der Waals surface area contributed by atoms with Crippen LogP contribution in [0, 0.1) is 5.41 Å². The van der Waals surface area contributed by atoms with Crippen LogP contribution in [0.3, 0.4) is 0 Å². The summed E-state index contributed by atoms with van der Waals surface area (Å²) in [6.45, 7) is 5.30. The number of nitrogens with one attached hydrogen (secondary N) is 2. The van der Waals surface area contributed by atoms with E-state index < -0.39 is 0 Å². The summed E-state index contributed by atoms with van der Waals surface area (Å²) in [7, 11) is 0. The maximum atomic E-state index is 12.8. The smallest absolute Gasteiger partial charge is 0.226 e. The van der Waals surface area contributed by atoms with E-state index in [2.05, 4.69) is 56.4 Å². The molecular weight excluding hydrogens is 338 g/mol. The lowest BCUT2D eigenvalue weighted by Gasteiger charge is -2.38. The van der Waals surface area contributed by atoms with Gasteiger partial charge in [-0.25, -0.2) is 9.97 Å². The topological polar surface area (TPSA) is 73.9 Å². The molecule has 1 aliphatic rings. The quantitative estimate of drug-likeness (QED) is 0.731. The third kappa shape index (κ3) is 4.01. The number of aromatic nitrogens is 3. The molecule has 3 heterocycles. The first-order valence-electron chi connectivity index (χ1n) is 9.47. The Bertz CT molecular complexity index is 879. The summed E-state index contributed by atoms with van der Waals surface area (Å²) >= 11 is 0. The average Bonchev–Trinajstić information content (AvgIpc) is 3.12. The largest absolute Gasteiger partial charge is 0.348 e. The number of benzene rings is 1. The third-order valence-electron chi connectivity index (χ3n) is 5.48. The van der Waals surface area contributed by atoms with Crippen LogP contribution in [0.5, 0.6) is 0 Å². The summed E-state index contributed by atoms with van der Waals surface area (Å²) in [6.07, 6.45) is 3.45. The number of imidazole rings is 1. The van der Waals surface area contributed by atoms with Gasteiger partial charge in [0.05, 0.1) is 12.1 Å². The molecule has 0 radical (unpaired) electrons. The molecule has 0 spiro atoms. The molecule has 0 aliphatic carbocycles. The summed E-state index contributed by atoms with van der Waals surface area (Å²) in [6, 6.07) is 14.3. The Hall–Kier alpha value is -2.73. The van der Waals surface area contributed by atoms with Gasteiger partial charge in [-0.05, 0) is 43.6 Å². The van der Waals surface area contributed by atoms with Crippen molar-refractivity contribution < 1.29 is 4.79 Å². The lowest BCUT2D eigenvalue weighted by Crippen LogP contribution is -2.46. The van der Waals surface area contributed by atoms with Crippen molar-refractivity contribution in [3.8, 4) is 0 Å². The van der Waals surface area contributed by atoms with Crippen LogP contribution < -0.4 is 5.32 Å². The molecule has 1 fully saturated rings. The van der Waals surface area contributed by atoms with Gasteiger partial charge in [-0.15, -0.1) is 0 Å². The summed E-state index contributed by atoms with van der Waals surface area (Å²) in [5.41, 5.74) is 2.57. The van der Waals surface area contributed by atoms with Crippen molar-refractivity contribution in [2.75, 3.05) is 13.1 Å². The number of fused-ring (bicyclic) bond motifs is 1. The van der Waals surface area contributed by atoms with E-state index in [1.54, 1.807) is 6.20 Å². The number of amides is 1. The second kappa shape index (κ2) is 7.48. The second-order valence-electron chi connectivity index (χ2n) is 7.56. The molecule has 2 aromatic heterocycles. The standard InChI is InChI=1S/C21H25N5O/c1-21(9-12-26(13-10-21)15-16-6-3-2-4-7-16)20(27)23-14-18-24-17-8-5-11-22-19(17)25-18/h2-8,11H,9-10,12-15H2,1H3,(H,23,27)(H,22,24,25). The molecule has 6 nitrogen and oxygen atoms in total. The zero-order chi connectivity index (χ0) is 18.7. The van der Waals surface area contributed by atoms with Crippen LogP contribution >= 0.6 is 0 Å². The van der Waals surface area contributed by atoms with Crippen LogP contribution in [-0.4, -0.2) is 38.8 Å². The van der Waals surface area contributed by atoms with Crippen LogP contribution in [0.4, 0.5) is 0 Å². The molecule has 4 rings (SSSR count). The summed E-state index contributed by atoms with van der Waals surface area (Å²) in [5, 5.41) is 3.06. The summed E-state index contributed by atoms with van der Waals surface area (Å²) in [4.78, 5) is 27.1. The molecule has 27 heavy (non-hydrogen) atoms. The van der Waals surface area contributed by atoms with Gasteiger partial charge in [0.25, 0.3) is 0 Å². The maximum Gasteiger partial charge on any atom is 0.226 e. The molecule has 1 aliphatic heterocycles. The Morgan fingerprint density at radius 1 is 1.19 bits per heavy atom. The fourth-order valence-corrected chi connectivity index (χ4v) is 3.63. The molecule has 140 valence electrons. The van der Waals surface area contributed by atoms with Gasteiger partial charge < -0.3 is 10.3 Å². The van der Waals surface area contributed by atoms with E-state index >= 15 is 0 Å². The first kappa shape index (κ1) is 17.7. The molecule has 0 atom stereocenters. The molecule has 1 aromatic carbocycles. The van der Waals surface area contributed by atoms with Gasteiger partial charge in [-0.3, -0.25) is 9.69 Å². The van der Waals surface area contributed by atoms with Crippen LogP contribution in [0.25, 0.3) is 11.2 Å². The molecular formula is C21H25N5O. The van der Waals surface area contributed by atoms with Crippen molar-refractivity contribution in [1.82, 2.24) is 25.2 Å². The zero-order valence-corrected chi connectivity index (χ0v) is 15.6. The molecule has 3 aromatic rings. The predicted octanol–water partition coefficient (Wildman–Crippen LogP) is 2.88. The van der Waals surface area contributed by atoms with E-state index in [1.807, 2.05) is 18.2 Å². The van der Waals surface area contributed by atoms with Crippen molar-refractivity contribution in [2.24, 2.45) is 5.41 Å². The minimum Gasteiger partial charge on any atom is -0.348 e. The number of likely N-dealkylation sites (tertiary alicyclic amines) is 1. The van der Waals surface area contributed by atoms with Gasteiger partial charge in [-0.2, -0.15) is 0 Å². The number of pyridine rings is 1. The highest BCUT2D eigenvalue weighted by Crippen LogP contribution is 2.31. The third-order valence-corrected chi connectivity index (χ3v) is 5.48. The van der Waals surface area contributed by atoms with Gasteiger partial charge in [-0.1, -0.05) is 37.3 Å². The number of carbonyl (C=O) groups is 1. The van der Waals surface area contributed by atoms with Crippen LogP contribution in [0.15, 0.2) is 48.7 Å². The Morgan fingerprint density at radius 3 is 2.70 bits per heavy atom. The highest BCUT2D eigenvalue weighted by Gasteiger charge is 2.36. The summed E-state index contributed by atoms with van der Waals surface area (Å²) in [5.74, 6) is 0.845. The number of hydrogen-bond donors (Lipinski definition) is 2. The maximum absolute atomic E-state index is 12.8. The van der Waals surface area contributed by atoms with E-state index in [0.717, 1.165) is 43.8 Å². The first-order valence-corrected chi connectivity index (χ1v) is 9.47. The lowest BCUT2D eigenvalue weighted by molar-refractivity contribution is -0.133. The Labute approximate surface area is 159 Å². The van der Waals surface area contributed by atoms with Crippen molar-refractivity contribution >= 4 is 17.1 Å². The molecule has 6 heteroatoms. The Kier molecular flexibility index (Phi) is 4.90. The number of H-pyrrole nitrogens is 1. The zero-order valence-electron chi connectivity index (χ0n) is 15.6. The number of hydrogen-bond acceptors (Lipinski definition) is 4. The average molecular weight is 363 g/mol. The van der Waals surface area contributed by atoms with E-state index in [4.69, 9.17) is 0 Å². The Balaban J connectivity index is 1.31. The van der Waals surface area contributed by atoms with Crippen molar-refractivity contribution in [3.05, 3.63) is 60.0 Å². The van der Waals surface area contributed by atoms with E-state index in [9.17, 15) is 4.79 Å². The molecule has 1 saturated heterocycles. The molecule has 2 N–H and O–H groups in total. The van der Waals surface area contributed by atoms with Crippen LogP contribution in [-0.2, 0) is 17.9 Å². The fourth-order valence-electron chi connectivity index (χ4n) is 3.63. The Morgan fingerprint density at radius 2 is 1.96 bits per heavy atom. The molecule has 0 unspecified atom stereocenters. The first-order chi connectivity index (χ1) is 13.1. The van der Waals surface area contributed by atoms with Gasteiger partial charge in [0.2, 0.25) is 5.91 Å². The summed E-state index contributed by atoms with van der Waals surface area (Å²) < 4.78 is 0. The van der Waals surface area contributed by atoms with Crippen LogP contribution in [0.1, 0.15) is 31.2 Å². The minimum atomic E-state index is -0.322. The number of nitrogens with zero attached hydrogens (tertiary/aromatic N) is 3. The molecule has 0 bridgehead atoms. The van der Waals surface area contributed by atoms with Gasteiger partial charge in [0.15, 0.2) is 5.65 Å². The molecule has 0 saturated carbocycles. The van der Waals surface area contributed by atoms with Crippen molar-refractivity contribution in [2.45, 2.75) is 32.9 Å². The normalized spacial score (nSPS) is 17.1. The molecule has 1 amide bonds. The highest BCUT2D eigenvalue weighted by atomic mass is 16.2. The fraction of sp³-hybridized carbons (Fsp3) is 0.381. The monoisotopic (exact) mass is 363 g/mol. The number of aromatic amines is 1. The van der Waals surface area contributed by atoms with Crippen molar-refractivity contribution in [3.63, 3.8) is 0 Å².